The summed E-state index contributed by atoms with van der Waals surface area (Å²) in [6, 6.07) is 16.0. The van der Waals surface area contributed by atoms with E-state index in [1.807, 2.05) is 52.4 Å². The molecule has 2 aromatic heterocycles. The summed E-state index contributed by atoms with van der Waals surface area (Å²) in [5, 5.41) is 24.6. The number of ether oxygens (including phenoxy) is 1. The van der Waals surface area contributed by atoms with Crippen molar-refractivity contribution in [3.05, 3.63) is 87.6 Å². The molecule has 6 rings (SSSR count). The largest absolute Gasteiger partial charge is 1.00 e. The molecule has 0 amide bonds. The normalized spacial score (nSPS) is 20.7. The number of aliphatic imine (C=N–C) groups is 1. The van der Waals surface area contributed by atoms with Gasteiger partial charge in [0.25, 0.3) is 12.0 Å². The first-order valence-electron chi connectivity index (χ1n) is 15.8. The molecule has 2 aliphatic rings. The second kappa shape index (κ2) is 14.9. The predicted molar refractivity (Wildman–Crippen MR) is 171 cm³/mol. The van der Waals surface area contributed by atoms with E-state index in [1.54, 1.807) is 13.8 Å². The number of aliphatic hydroxyl groups is 2. The molecular formula is C34H42KN6O5+. The number of nitrogens with zero attached hydrogens (tertiary/aromatic N) is 5. The van der Waals surface area contributed by atoms with Gasteiger partial charge in [-0.1, -0.05) is 61.9 Å². The predicted octanol–water partition coefficient (Wildman–Crippen LogP) is 1.32. The molecule has 3 N–H and O–H groups in total. The van der Waals surface area contributed by atoms with E-state index >= 15 is 0 Å². The number of hydrogen-bond acceptors (Lipinski definition) is 9. The zero-order valence-electron chi connectivity index (χ0n) is 27.3. The molecule has 0 saturated heterocycles. The number of aromatic nitrogens is 4. The molecule has 238 valence electrons. The van der Waals surface area contributed by atoms with Gasteiger partial charge in [0.1, 0.15) is 6.33 Å². The second-order valence-electron chi connectivity index (χ2n) is 12.6. The van der Waals surface area contributed by atoms with Crippen molar-refractivity contribution in [2.24, 2.45) is 4.99 Å². The van der Waals surface area contributed by atoms with Gasteiger partial charge in [-0.15, -0.1) is 0 Å². The van der Waals surface area contributed by atoms with Gasteiger partial charge in [-0.3, -0.25) is 9.36 Å². The standard InChI is InChI=1S/C34H42N6O5.K/c1-5-8-29-28(19-22-11-13-23(14-12-22)26-9-6-7-10-27(26)30-37-33(42)45-38-30)31(41)39(32-35-20-36-40(29)32)24-15-17-25(18-16-24)44-21(2)34(3,4)43;/h6-7,9-14,20-21,24-25,33,42-43H,5,8,15-19H2,1-4H3,(H,37,38);/q;+1. The maximum atomic E-state index is 14.3. The number of hydrogen-bond donors (Lipinski definition) is 3. The Morgan fingerprint density at radius 2 is 1.78 bits per heavy atom. The number of amidine groups is 1. The van der Waals surface area contributed by atoms with Gasteiger partial charge in [-0.05, 0) is 69.6 Å². The van der Waals surface area contributed by atoms with Crippen LogP contribution in [-0.2, 0) is 22.4 Å². The molecule has 3 heterocycles. The van der Waals surface area contributed by atoms with Crippen LogP contribution in [0.1, 0.15) is 88.2 Å². The third-order valence-electron chi connectivity index (χ3n) is 9.04. The van der Waals surface area contributed by atoms with Crippen LogP contribution in [0.5, 0.6) is 0 Å². The Morgan fingerprint density at radius 1 is 1.09 bits per heavy atom. The van der Waals surface area contributed by atoms with Crippen molar-refractivity contribution in [1.82, 2.24) is 24.6 Å². The van der Waals surface area contributed by atoms with Crippen LogP contribution in [0, 0.1) is 0 Å². The molecule has 11 nitrogen and oxygen atoms in total. The fourth-order valence-corrected chi connectivity index (χ4v) is 6.32. The Kier molecular flexibility index (Phi) is 11.3. The summed E-state index contributed by atoms with van der Waals surface area (Å²) in [6.07, 6.45) is 5.32. The van der Waals surface area contributed by atoms with Gasteiger partial charge in [0.15, 0.2) is 5.84 Å². The first-order chi connectivity index (χ1) is 21.6. The summed E-state index contributed by atoms with van der Waals surface area (Å²) in [7, 11) is 0. The van der Waals surface area contributed by atoms with Gasteiger partial charge in [-0.2, -0.15) is 10.1 Å². The van der Waals surface area contributed by atoms with Crippen LogP contribution in [0.4, 0.5) is 0 Å². The number of aliphatic hydroxyl groups excluding tert-OH is 1. The van der Waals surface area contributed by atoms with E-state index in [1.165, 1.54) is 6.33 Å². The molecule has 46 heavy (non-hydrogen) atoms. The third-order valence-corrected chi connectivity index (χ3v) is 9.04. The summed E-state index contributed by atoms with van der Waals surface area (Å²) in [6.45, 7) is 7.54. The first kappa shape index (κ1) is 35.1. The fourth-order valence-electron chi connectivity index (χ4n) is 6.32. The Balaban J connectivity index is 0.00000417. The molecule has 2 atom stereocenters. The Morgan fingerprint density at radius 3 is 2.41 bits per heavy atom. The van der Waals surface area contributed by atoms with Crippen LogP contribution < -0.4 is 62.4 Å². The van der Waals surface area contributed by atoms with E-state index < -0.39 is 12.0 Å². The molecule has 4 aromatic rings. The van der Waals surface area contributed by atoms with E-state index in [9.17, 15) is 15.0 Å². The van der Waals surface area contributed by atoms with Crippen LogP contribution in [0.25, 0.3) is 16.9 Å². The Bertz CT molecular complexity index is 1740. The molecule has 0 radical (unpaired) electrons. The maximum Gasteiger partial charge on any atom is 1.00 e. The van der Waals surface area contributed by atoms with E-state index in [0.29, 0.717) is 18.0 Å². The molecule has 2 aromatic carbocycles. The molecule has 1 fully saturated rings. The Hall–Kier alpha value is -2.26. The average molecular weight is 654 g/mol. The minimum Gasteiger partial charge on any atom is -0.388 e. The first-order valence-corrected chi connectivity index (χ1v) is 15.8. The molecule has 1 aliphatic heterocycles. The summed E-state index contributed by atoms with van der Waals surface area (Å²) < 4.78 is 9.89. The SMILES string of the molecule is CCCc1c(Cc2ccc(-c3ccccc3C3=NC(O)ON3)cc2)c(=O)n(C2CCC(OC(C)C(C)(C)O)CC2)c2ncnn12.[K+]. The van der Waals surface area contributed by atoms with Crippen molar-refractivity contribution in [3.63, 3.8) is 0 Å². The maximum absolute atomic E-state index is 14.3. The zero-order chi connectivity index (χ0) is 31.7. The number of hydroxylamine groups is 1. The molecule has 1 aliphatic carbocycles. The molecule has 0 spiro atoms. The van der Waals surface area contributed by atoms with Crippen LogP contribution in [-0.4, -0.2) is 59.4 Å². The number of fused-ring (bicyclic) bond motifs is 1. The van der Waals surface area contributed by atoms with E-state index in [4.69, 9.17) is 9.57 Å². The fraction of sp³-hybridized carbons (Fsp3) is 0.471. The topological polar surface area (TPSA) is 136 Å². The van der Waals surface area contributed by atoms with E-state index in [-0.39, 0.29) is 75.2 Å². The number of nitrogens with one attached hydrogen (secondary N) is 1. The molecule has 12 heteroatoms. The Labute approximate surface area is 311 Å². The van der Waals surface area contributed by atoms with E-state index in [0.717, 1.165) is 72.0 Å². The van der Waals surface area contributed by atoms with Gasteiger partial charge in [0.05, 0.1) is 23.5 Å². The van der Waals surface area contributed by atoms with E-state index in [2.05, 4.69) is 39.6 Å². The van der Waals surface area contributed by atoms with Crippen molar-refractivity contribution in [2.75, 3.05) is 0 Å². The van der Waals surface area contributed by atoms with Crippen LogP contribution in [0.2, 0.25) is 0 Å². The van der Waals surface area contributed by atoms with Crippen molar-refractivity contribution in [3.8, 4) is 11.1 Å². The molecular weight excluding hydrogens is 612 g/mol. The van der Waals surface area contributed by atoms with Crippen LogP contribution in [0.15, 0.2) is 64.6 Å². The molecule has 1 saturated carbocycles. The molecule has 0 bridgehead atoms. The summed E-state index contributed by atoms with van der Waals surface area (Å²) in [4.78, 5) is 28.0. The van der Waals surface area contributed by atoms with Gasteiger partial charge >= 0.3 is 51.4 Å². The minimum atomic E-state index is -1.23. The van der Waals surface area contributed by atoms with Gasteiger partial charge in [0.2, 0.25) is 5.78 Å². The second-order valence-corrected chi connectivity index (χ2v) is 12.6. The summed E-state index contributed by atoms with van der Waals surface area (Å²) >= 11 is 0. The van der Waals surface area contributed by atoms with Crippen molar-refractivity contribution < 1.29 is 71.2 Å². The summed E-state index contributed by atoms with van der Waals surface area (Å²) in [5.41, 5.74) is 7.19. The van der Waals surface area contributed by atoms with Crippen molar-refractivity contribution in [1.29, 1.82) is 0 Å². The third kappa shape index (κ3) is 7.40. The van der Waals surface area contributed by atoms with Crippen LogP contribution >= 0.6 is 0 Å². The smallest absolute Gasteiger partial charge is 0.388 e. The average Bonchev–Trinajstić information content (AvgIpc) is 3.69. The van der Waals surface area contributed by atoms with Crippen molar-refractivity contribution in [2.45, 2.75) is 103 Å². The number of rotatable bonds is 10. The number of benzene rings is 2. The van der Waals surface area contributed by atoms with Gasteiger partial charge < -0.3 is 14.9 Å². The van der Waals surface area contributed by atoms with Gasteiger partial charge in [0, 0.05) is 23.6 Å². The number of aryl methyl sites for hydroxylation is 1. The quantitative estimate of drug-likeness (QED) is 0.218. The summed E-state index contributed by atoms with van der Waals surface area (Å²) in [5.74, 6) is 1.06. The van der Waals surface area contributed by atoms with Crippen LogP contribution in [0.3, 0.4) is 0 Å². The van der Waals surface area contributed by atoms with Crippen molar-refractivity contribution >= 4 is 11.6 Å². The zero-order valence-corrected chi connectivity index (χ0v) is 30.4. The monoisotopic (exact) mass is 653 g/mol. The molecule has 2 unspecified atom stereocenters. The minimum absolute atomic E-state index is 0. The van der Waals surface area contributed by atoms with Gasteiger partial charge in [-0.25, -0.2) is 19.8 Å².